The Morgan fingerprint density at radius 3 is 2.76 bits per heavy atom. The van der Waals surface area contributed by atoms with Crippen molar-refractivity contribution in [2.45, 2.75) is 38.1 Å². The molecule has 0 bridgehead atoms. The van der Waals surface area contributed by atoms with Gasteiger partial charge in [0.15, 0.2) is 0 Å². The van der Waals surface area contributed by atoms with Gasteiger partial charge in [-0.1, -0.05) is 23.4 Å². The van der Waals surface area contributed by atoms with E-state index >= 15 is 0 Å². The number of hydrogen-bond acceptors (Lipinski definition) is 4. The number of benzene rings is 1. The van der Waals surface area contributed by atoms with Crippen molar-refractivity contribution in [2.24, 2.45) is 0 Å². The standard InChI is InChI=1S/C17H17F3N2O3/c1-10-6-11(21-25-10)7-16(24)22-9-12(23)8-15(22)13-4-2-3-5-14(13)17(18,19)20/h2-6,12,15,23H,7-9H2,1H3. The molecule has 5 nitrogen and oxygen atoms in total. The van der Waals surface area contributed by atoms with E-state index in [2.05, 4.69) is 5.16 Å². The van der Waals surface area contributed by atoms with Crippen LogP contribution >= 0.6 is 0 Å². The van der Waals surface area contributed by atoms with Gasteiger partial charge in [-0.25, -0.2) is 0 Å². The number of amides is 1. The van der Waals surface area contributed by atoms with Crippen molar-refractivity contribution in [3.05, 3.63) is 52.9 Å². The van der Waals surface area contributed by atoms with E-state index < -0.39 is 29.8 Å². The van der Waals surface area contributed by atoms with Gasteiger partial charge in [0.2, 0.25) is 5.91 Å². The highest BCUT2D eigenvalue weighted by molar-refractivity contribution is 5.79. The van der Waals surface area contributed by atoms with Gasteiger partial charge in [-0.05, 0) is 25.0 Å². The molecule has 1 amide bonds. The second kappa shape index (κ2) is 6.51. The first-order valence-corrected chi connectivity index (χ1v) is 7.81. The number of aliphatic hydroxyl groups is 1. The van der Waals surface area contributed by atoms with Crippen LogP contribution in [0.1, 0.15) is 35.0 Å². The summed E-state index contributed by atoms with van der Waals surface area (Å²) in [5.74, 6) is 0.148. The lowest BCUT2D eigenvalue weighted by Crippen LogP contribution is -2.33. The number of alkyl halides is 3. The van der Waals surface area contributed by atoms with Gasteiger partial charge in [-0.2, -0.15) is 13.2 Å². The second-order valence-electron chi connectivity index (χ2n) is 6.14. The largest absolute Gasteiger partial charge is 0.416 e. The molecule has 2 unspecified atom stereocenters. The predicted molar refractivity (Wildman–Crippen MR) is 81.5 cm³/mol. The van der Waals surface area contributed by atoms with Crippen LogP contribution in [0.3, 0.4) is 0 Å². The third-order valence-corrected chi connectivity index (χ3v) is 4.23. The maximum absolute atomic E-state index is 13.3. The number of aromatic nitrogens is 1. The number of hydrogen-bond donors (Lipinski definition) is 1. The molecule has 1 saturated heterocycles. The highest BCUT2D eigenvalue weighted by atomic mass is 19.4. The Labute approximate surface area is 142 Å². The Morgan fingerprint density at radius 2 is 2.12 bits per heavy atom. The number of nitrogens with zero attached hydrogens (tertiary/aromatic N) is 2. The fourth-order valence-corrected chi connectivity index (χ4v) is 3.19. The van der Waals surface area contributed by atoms with Crippen LogP contribution in [0.25, 0.3) is 0 Å². The Kier molecular flexibility index (Phi) is 4.55. The summed E-state index contributed by atoms with van der Waals surface area (Å²) in [5.41, 5.74) is -0.382. The van der Waals surface area contributed by atoms with Crippen LogP contribution in [0, 0.1) is 6.92 Å². The molecule has 2 atom stereocenters. The first kappa shape index (κ1) is 17.5. The predicted octanol–water partition coefficient (Wildman–Crippen LogP) is 2.88. The molecule has 1 fully saturated rings. The van der Waals surface area contributed by atoms with Crippen molar-refractivity contribution in [1.82, 2.24) is 10.1 Å². The molecule has 3 rings (SSSR count). The van der Waals surface area contributed by atoms with Gasteiger partial charge in [0.05, 0.1) is 29.8 Å². The summed E-state index contributed by atoms with van der Waals surface area (Å²) in [4.78, 5) is 13.9. The zero-order chi connectivity index (χ0) is 18.2. The van der Waals surface area contributed by atoms with Gasteiger partial charge < -0.3 is 14.5 Å². The van der Waals surface area contributed by atoms with Crippen LogP contribution in [0.15, 0.2) is 34.9 Å². The molecule has 134 valence electrons. The number of aryl methyl sites for hydroxylation is 1. The lowest BCUT2D eigenvalue weighted by atomic mass is 9.97. The van der Waals surface area contributed by atoms with Gasteiger partial charge in [0, 0.05) is 12.6 Å². The third kappa shape index (κ3) is 3.68. The summed E-state index contributed by atoms with van der Waals surface area (Å²) in [6.07, 6.45) is -5.41. The van der Waals surface area contributed by atoms with E-state index in [4.69, 9.17) is 4.52 Å². The van der Waals surface area contributed by atoms with Crippen molar-refractivity contribution >= 4 is 5.91 Å². The molecule has 2 aromatic rings. The van der Waals surface area contributed by atoms with Crippen LogP contribution in [0.2, 0.25) is 0 Å². The minimum absolute atomic E-state index is 0.00349. The monoisotopic (exact) mass is 354 g/mol. The molecule has 1 N–H and O–H groups in total. The number of carbonyl (C=O) groups is 1. The maximum atomic E-state index is 13.3. The highest BCUT2D eigenvalue weighted by Crippen LogP contribution is 2.40. The van der Waals surface area contributed by atoms with E-state index in [1.54, 1.807) is 13.0 Å². The summed E-state index contributed by atoms with van der Waals surface area (Å²) >= 11 is 0. The zero-order valence-corrected chi connectivity index (χ0v) is 13.5. The summed E-state index contributed by atoms with van der Waals surface area (Å²) in [6, 6.07) is 5.92. The number of likely N-dealkylation sites (tertiary alicyclic amines) is 1. The molecule has 0 radical (unpaired) electrons. The van der Waals surface area contributed by atoms with Crippen LogP contribution in [-0.2, 0) is 17.4 Å². The number of β-amino-alcohol motifs (C(OH)–C–C–N with tert-alkyl or cyclic N) is 1. The van der Waals surface area contributed by atoms with Gasteiger partial charge >= 0.3 is 6.18 Å². The molecule has 0 saturated carbocycles. The van der Waals surface area contributed by atoms with Crippen LogP contribution in [0.4, 0.5) is 13.2 Å². The fraction of sp³-hybridized carbons (Fsp3) is 0.412. The first-order chi connectivity index (χ1) is 11.8. The zero-order valence-electron chi connectivity index (χ0n) is 13.5. The van der Waals surface area contributed by atoms with Crippen molar-refractivity contribution < 1.29 is 27.6 Å². The highest BCUT2D eigenvalue weighted by Gasteiger charge is 2.41. The minimum atomic E-state index is -4.53. The van der Waals surface area contributed by atoms with Crippen molar-refractivity contribution in [3.8, 4) is 0 Å². The summed E-state index contributed by atoms with van der Waals surface area (Å²) in [6.45, 7) is 1.68. The fourth-order valence-electron chi connectivity index (χ4n) is 3.19. The Bertz CT molecular complexity index is 772. The Hall–Kier alpha value is -2.35. The molecule has 1 aliphatic rings. The molecular formula is C17H17F3N2O3. The topological polar surface area (TPSA) is 66.6 Å². The van der Waals surface area contributed by atoms with Gasteiger partial charge in [0.1, 0.15) is 5.76 Å². The number of halogens is 3. The smallest absolute Gasteiger partial charge is 0.391 e. The van der Waals surface area contributed by atoms with Crippen molar-refractivity contribution in [2.75, 3.05) is 6.54 Å². The lowest BCUT2D eigenvalue weighted by molar-refractivity contribution is -0.140. The molecule has 8 heteroatoms. The van der Waals surface area contributed by atoms with Crippen molar-refractivity contribution in [1.29, 1.82) is 0 Å². The molecule has 0 aliphatic carbocycles. The third-order valence-electron chi connectivity index (χ3n) is 4.23. The van der Waals surface area contributed by atoms with E-state index in [1.807, 2.05) is 0 Å². The summed E-state index contributed by atoms with van der Waals surface area (Å²) in [5, 5.41) is 13.7. The lowest BCUT2D eigenvalue weighted by Gasteiger charge is -2.27. The van der Waals surface area contributed by atoms with Gasteiger partial charge in [0.25, 0.3) is 0 Å². The molecule has 1 aromatic carbocycles. The van der Waals surface area contributed by atoms with Crippen LogP contribution < -0.4 is 0 Å². The van der Waals surface area contributed by atoms with Crippen molar-refractivity contribution in [3.63, 3.8) is 0 Å². The van der Waals surface area contributed by atoms with Crippen LogP contribution in [0.5, 0.6) is 0 Å². The molecule has 2 heterocycles. The van der Waals surface area contributed by atoms with E-state index in [1.165, 1.54) is 23.1 Å². The molecular weight excluding hydrogens is 337 g/mol. The number of rotatable bonds is 3. The second-order valence-corrected chi connectivity index (χ2v) is 6.14. The first-order valence-electron chi connectivity index (χ1n) is 7.81. The molecule has 1 aliphatic heterocycles. The molecule has 25 heavy (non-hydrogen) atoms. The summed E-state index contributed by atoms with van der Waals surface area (Å²) < 4.78 is 44.8. The summed E-state index contributed by atoms with van der Waals surface area (Å²) in [7, 11) is 0. The van der Waals surface area contributed by atoms with Gasteiger partial charge in [-0.3, -0.25) is 4.79 Å². The molecule has 1 aromatic heterocycles. The normalized spacial score (nSPS) is 20.9. The van der Waals surface area contributed by atoms with Crippen LogP contribution in [-0.4, -0.2) is 33.7 Å². The van der Waals surface area contributed by atoms with Gasteiger partial charge in [-0.15, -0.1) is 0 Å². The van der Waals surface area contributed by atoms with E-state index in [-0.39, 0.29) is 24.9 Å². The van der Waals surface area contributed by atoms with E-state index in [0.717, 1.165) is 6.07 Å². The number of carbonyl (C=O) groups excluding carboxylic acids is 1. The average Bonchev–Trinajstić information content (AvgIpc) is 3.12. The Morgan fingerprint density at radius 1 is 1.40 bits per heavy atom. The van der Waals surface area contributed by atoms with E-state index in [0.29, 0.717) is 11.5 Å². The molecule has 0 spiro atoms. The minimum Gasteiger partial charge on any atom is -0.391 e. The Balaban J connectivity index is 1.89. The number of aliphatic hydroxyl groups excluding tert-OH is 1. The maximum Gasteiger partial charge on any atom is 0.416 e. The van der Waals surface area contributed by atoms with E-state index in [9.17, 15) is 23.1 Å². The SMILES string of the molecule is Cc1cc(CC(=O)N2CC(O)CC2c2ccccc2C(F)(F)F)no1. The average molecular weight is 354 g/mol. The quantitative estimate of drug-likeness (QED) is 0.920.